The molecule has 2 unspecified atom stereocenters. The van der Waals surface area contributed by atoms with Gasteiger partial charge in [-0.05, 0) is 40.7 Å². The third-order valence-corrected chi connectivity index (χ3v) is 3.13. The lowest BCUT2D eigenvalue weighted by Crippen LogP contribution is -2.55. The maximum absolute atomic E-state index is 11.7. The van der Waals surface area contributed by atoms with Crippen molar-refractivity contribution in [3.05, 3.63) is 0 Å². The van der Waals surface area contributed by atoms with Crippen LogP contribution in [0.1, 0.15) is 33.6 Å². The number of nitrogens with one attached hydrogen (secondary N) is 1. The monoisotopic (exact) mass is 213 g/mol. The molecule has 1 fully saturated rings. The van der Waals surface area contributed by atoms with Gasteiger partial charge in [-0.25, -0.2) is 0 Å². The molecule has 1 heterocycles. The first-order valence-electron chi connectivity index (χ1n) is 5.61. The average Bonchev–Trinajstić information content (AvgIpc) is 2.10. The van der Waals surface area contributed by atoms with Crippen LogP contribution in [0.2, 0.25) is 0 Å². The summed E-state index contributed by atoms with van der Waals surface area (Å²) in [5.41, 5.74) is 4.96. The summed E-state index contributed by atoms with van der Waals surface area (Å²) in [6.07, 6.45) is 2.03. The zero-order chi connectivity index (χ0) is 11.6. The first-order valence-corrected chi connectivity index (χ1v) is 5.61. The van der Waals surface area contributed by atoms with Crippen LogP contribution in [0.25, 0.3) is 0 Å². The molecule has 1 aliphatic heterocycles. The minimum Gasteiger partial charge on any atom is -0.352 e. The van der Waals surface area contributed by atoms with Gasteiger partial charge in [0.15, 0.2) is 0 Å². The van der Waals surface area contributed by atoms with E-state index in [0.717, 1.165) is 19.4 Å². The maximum atomic E-state index is 11.7. The number of rotatable bonds is 2. The van der Waals surface area contributed by atoms with Crippen molar-refractivity contribution < 1.29 is 4.79 Å². The normalized spacial score (nSPS) is 28.9. The molecule has 0 saturated carbocycles. The average molecular weight is 213 g/mol. The standard InChI is InChI=1S/C11H23N3O/c1-8-7-9(5-6-14(8)4)13-10(15)11(2,3)12/h8-9H,5-7,12H2,1-4H3,(H,13,15). The number of piperidine rings is 1. The summed E-state index contributed by atoms with van der Waals surface area (Å²) in [4.78, 5) is 14.0. The second kappa shape index (κ2) is 4.49. The number of carbonyl (C=O) groups is 1. The van der Waals surface area contributed by atoms with E-state index in [0.29, 0.717) is 6.04 Å². The second-order valence-corrected chi connectivity index (χ2v) is 5.25. The van der Waals surface area contributed by atoms with E-state index in [2.05, 4.69) is 24.2 Å². The summed E-state index contributed by atoms with van der Waals surface area (Å²) in [5.74, 6) is -0.0516. The van der Waals surface area contributed by atoms with E-state index < -0.39 is 5.54 Å². The molecule has 1 amide bonds. The van der Waals surface area contributed by atoms with E-state index in [9.17, 15) is 4.79 Å². The van der Waals surface area contributed by atoms with Crippen molar-refractivity contribution in [1.82, 2.24) is 10.2 Å². The minimum absolute atomic E-state index is 0.0516. The van der Waals surface area contributed by atoms with Crippen LogP contribution >= 0.6 is 0 Å². The molecule has 2 atom stereocenters. The Morgan fingerprint density at radius 3 is 2.60 bits per heavy atom. The number of hydrogen-bond acceptors (Lipinski definition) is 3. The van der Waals surface area contributed by atoms with E-state index in [-0.39, 0.29) is 11.9 Å². The van der Waals surface area contributed by atoms with Crippen LogP contribution in [0, 0.1) is 0 Å². The van der Waals surface area contributed by atoms with Gasteiger partial charge in [0.05, 0.1) is 5.54 Å². The van der Waals surface area contributed by atoms with Crippen molar-refractivity contribution in [1.29, 1.82) is 0 Å². The molecule has 4 nitrogen and oxygen atoms in total. The first-order chi connectivity index (χ1) is 6.80. The highest BCUT2D eigenvalue weighted by atomic mass is 16.2. The van der Waals surface area contributed by atoms with Crippen molar-refractivity contribution in [2.45, 2.75) is 51.2 Å². The van der Waals surface area contributed by atoms with Gasteiger partial charge < -0.3 is 16.0 Å². The van der Waals surface area contributed by atoms with Crippen LogP contribution in [0.15, 0.2) is 0 Å². The highest BCUT2D eigenvalue weighted by molar-refractivity contribution is 5.85. The molecular formula is C11H23N3O. The van der Waals surface area contributed by atoms with Crippen LogP contribution in [-0.4, -0.2) is 42.0 Å². The van der Waals surface area contributed by atoms with Crippen molar-refractivity contribution in [3.63, 3.8) is 0 Å². The van der Waals surface area contributed by atoms with Gasteiger partial charge in [0, 0.05) is 18.6 Å². The summed E-state index contributed by atoms with van der Waals surface area (Å²) in [7, 11) is 2.12. The quantitative estimate of drug-likeness (QED) is 0.694. The Bertz CT molecular complexity index is 234. The fourth-order valence-corrected chi connectivity index (χ4v) is 1.79. The highest BCUT2D eigenvalue weighted by Gasteiger charge is 2.28. The fourth-order valence-electron chi connectivity index (χ4n) is 1.79. The summed E-state index contributed by atoms with van der Waals surface area (Å²) in [6, 6.07) is 0.816. The fraction of sp³-hybridized carbons (Fsp3) is 0.909. The molecule has 0 spiro atoms. The Kier molecular flexibility index (Phi) is 3.73. The SMILES string of the molecule is CC1CC(NC(=O)C(C)(C)N)CCN1C. The molecule has 0 bridgehead atoms. The second-order valence-electron chi connectivity index (χ2n) is 5.25. The largest absolute Gasteiger partial charge is 0.352 e. The zero-order valence-electron chi connectivity index (χ0n) is 10.2. The number of likely N-dealkylation sites (tertiary alicyclic amines) is 1. The number of nitrogens with zero attached hydrogens (tertiary/aromatic N) is 1. The van der Waals surface area contributed by atoms with Crippen LogP contribution in [0.4, 0.5) is 0 Å². The van der Waals surface area contributed by atoms with E-state index in [1.807, 2.05) is 0 Å². The highest BCUT2D eigenvalue weighted by Crippen LogP contribution is 2.15. The molecule has 1 rings (SSSR count). The number of hydrogen-bond donors (Lipinski definition) is 2. The molecular weight excluding hydrogens is 190 g/mol. The van der Waals surface area contributed by atoms with Crippen molar-refractivity contribution in [3.8, 4) is 0 Å². The molecule has 0 aromatic carbocycles. The molecule has 1 aliphatic rings. The van der Waals surface area contributed by atoms with Gasteiger partial charge in [0.2, 0.25) is 5.91 Å². The molecule has 0 radical (unpaired) electrons. The predicted octanol–water partition coefficient (Wildman–Crippen LogP) is 0.323. The Morgan fingerprint density at radius 2 is 2.13 bits per heavy atom. The number of nitrogens with two attached hydrogens (primary N) is 1. The molecule has 0 aromatic heterocycles. The molecule has 3 N–H and O–H groups in total. The molecule has 15 heavy (non-hydrogen) atoms. The van der Waals surface area contributed by atoms with Gasteiger partial charge in [-0.2, -0.15) is 0 Å². The molecule has 88 valence electrons. The third kappa shape index (κ3) is 3.47. The van der Waals surface area contributed by atoms with Crippen molar-refractivity contribution in [2.24, 2.45) is 5.73 Å². The Balaban J connectivity index is 2.44. The predicted molar refractivity (Wildman–Crippen MR) is 61.5 cm³/mol. The smallest absolute Gasteiger partial charge is 0.239 e. The van der Waals surface area contributed by atoms with Gasteiger partial charge in [0.1, 0.15) is 0 Å². The van der Waals surface area contributed by atoms with E-state index >= 15 is 0 Å². The van der Waals surface area contributed by atoms with Gasteiger partial charge in [-0.1, -0.05) is 0 Å². The van der Waals surface area contributed by atoms with E-state index in [1.54, 1.807) is 13.8 Å². The summed E-state index contributed by atoms with van der Waals surface area (Å²) >= 11 is 0. The minimum atomic E-state index is -0.771. The van der Waals surface area contributed by atoms with Crippen LogP contribution < -0.4 is 11.1 Å². The van der Waals surface area contributed by atoms with Gasteiger partial charge in [-0.15, -0.1) is 0 Å². The molecule has 0 aromatic rings. The summed E-state index contributed by atoms with van der Waals surface area (Å²) in [6.45, 7) is 6.70. The lowest BCUT2D eigenvalue weighted by atomic mass is 9.97. The van der Waals surface area contributed by atoms with Gasteiger partial charge >= 0.3 is 0 Å². The van der Waals surface area contributed by atoms with E-state index in [1.165, 1.54) is 0 Å². The van der Waals surface area contributed by atoms with Gasteiger partial charge in [0.25, 0.3) is 0 Å². The van der Waals surface area contributed by atoms with Crippen molar-refractivity contribution >= 4 is 5.91 Å². The van der Waals surface area contributed by atoms with Crippen LogP contribution in [-0.2, 0) is 4.79 Å². The third-order valence-electron chi connectivity index (χ3n) is 3.13. The Morgan fingerprint density at radius 1 is 1.53 bits per heavy atom. The maximum Gasteiger partial charge on any atom is 0.239 e. The van der Waals surface area contributed by atoms with Crippen LogP contribution in [0.5, 0.6) is 0 Å². The Labute approximate surface area is 92.2 Å². The summed E-state index contributed by atoms with van der Waals surface area (Å²) < 4.78 is 0. The number of carbonyl (C=O) groups excluding carboxylic acids is 1. The molecule has 4 heteroatoms. The van der Waals surface area contributed by atoms with Gasteiger partial charge in [-0.3, -0.25) is 4.79 Å². The Hall–Kier alpha value is -0.610. The van der Waals surface area contributed by atoms with Crippen LogP contribution in [0.3, 0.4) is 0 Å². The zero-order valence-corrected chi connectivity index (χ0v) is 10.2. The first kappa shape index (κ1) is 12.5. The van der Waals surface area contributed by atoms with Crippen molar-refractivity contribution in [2.75, 3.05) is 13.6 Å². The topological polar surface area (TPSA) is 58.4 Å². The lowest BCUT2D eigenvalue weighted by Gasteiger charge is -2.36. The summed E-state index contributed by atoms with van der Waals surface area (Å²) in [5, 5.41) is 3.02. The van der Waals surface area contributed by atoms with E-state index in [4.69, 9.17) is 5.73 Å². The number of amides is 1. The molecule has 1 saturated heterocycles. The molecule has 0 aliphatic carbocycles. The lowest BCUT2D eigenvalue weighted by molar-refractivity contribution is -0.126.